The lowest BCUT2D eigenvalue weighted by molar-refractivity contribution is 0.237. The lowest BCUT2D eigenvalue weighted by atomic mass is 10.1. The summed E-state index contributed by atoms with van der Waals surface area (Å²) in [5, 5.41) is 8.97. The summed E-state index contributed by atoms with van der Waals surface area (Å²) >= 11 is 17.0. The Morgan fingerprint density at radius 3 is 2.21 bits per heavy atom. The van der Waals surface area contributed by atoms with Crippen LogP contribution in [0.5, 0.6) is 0 Å². The maximum atomic E-state index is 11.6. The summed E-state index contributed by atoms with van der Waals surface area (Å²) in [4.78, 5) is 11.6. The molecule has 0 unspecified atom stereocenters. The number of urea groups is 1. The zero-order valence-electron chi connectivity index (χ0n) is 10.8. The van der Waals surface area contributed by atoms with Gasteiger partial charge in [-0.15, -0.1) is 0 Å². The summed E-state index contributed by atoms with van der Waals surface area (Å²) < 4.78 is 0. The fourth-order valence-electron chi connectivity index (χ4n) is 1.24. The molecule has 0 aliphatic heterocycles. The Morgan fingerprint density at radius 2 is 1.74 bits per heavy atom. The molecule has 0 bridgehead atoms. The van der Waals surface area contributed by atoms with Crippen molar-refractivity contribution < 1.29 is 4.79 Å². The van der Waals surface area contributed by atoms with Crippen molar-refractivity contribution in [1.29, 1.82) is 0 Å². The number of thiocarbonyl (C=S) groups is 1. The molecule has 0 fully saturated rings. The van der Waals surface area contributed by atoms with Crippen molar-refractivity contribution in [2.24, 2.45) is 0 Å². The van der Waals surface area contributed by atoms with E-state index in [-0.39, 0.29) is 10.7 Å². The second-order valence-electron chi connectivity index (χ2n) is 4.88. The van der Waals surface area contributed by atoms with Crippen molar-refractivity contribution in [3.8, 4) is 0 Å². The summed E-state index contributed by atoms with van der Waals surface area (Å²) in [7, 11) is 0. The first-order valence-electron chi connectivity index (χ1n) is 5.53. The molecule has 1 rings (SSSR count). The first kappa shape index (κ1) is 16.0. The van der Waals surface area contributed by atoms with Crippen LogP contribution in [0.1, 0.15) is 20.8 Å². The van der Waals surface area contributed by atoms with E-state index in [9.17, 15) is 4.79 Å². The van der Waals surface area contributed by atoms with Crippen LogP contribution in [0.2, 0.25) is 10.0 Å². The molecule has 0 aliphatic rings. The Balaban J connectivity index is 2.64. The maximum absolute atomic E-state index is 11.6. The minimum Gasteiger partial charge on any atom is -0.333 e. The zero-order chi connectivity index (χ0) is 14.6. The van der Waals surface area contributed by atoms with Crippen LogP contribution >= 0.6 is 35.4 Å². The third-order valence-electron chi connectivity index (χ3n) is 1.92. The third-order valence-corrected chi connectivity index (χ3v) is 2.75. The molecule has 0 heterocycles. The first-order valence-corrected chi connectivity index (χ1v) is 6.69. The van der Waals surface area contributed by atoms with Crippen LogP contribution in [-0.2, 0) is 0 Å². The summed E-state index contributed by atoms with van der Waals surface area (Å²) in [5.74, 6) is 0. The van der Waals surface area contributed by atoms with Gasteiger partial charge in [-0.25, -0.2) is 4.79 Å². The summed E-state index contributed by atoms with van der Waals surface area (Å²) in [6.07, 6.45) is 0. The minimum absolute atomic E-state index is 0.122. The maximum Gasteiger partial charge on any atom is 0.321 e. The average molecular weight is 320 g/mol. The molecule has 0 saturated heterocycles. The number of amides is 2. The number of rotatable bonds is 1. The quantitative estimate of drug-likeness (QED) is 0.690. The first-order chi connectivity index (χ1) is 8.69. The molecular formula is C12H15Cl2N3OS. The third kappa shape index (κ3) is 5.63. The summed E-state index contributed by atoms with van der Waals surface area (Å²) in [6.45, 7) is 5.61. The highest BCUT2D eigenvalue weighted by molar-refractivity contribution is 7.80. The zero-order valence-corrected chi connectivity index (χ0v) is 13.1. The molecule has 3 N–H and O–H groups in total. The van der Waals surface area contributed by atoms with Gasteiger partial charge in [0.15, 0.2) is 5.11 Å². The SMILES string of the molecule is CC(C)(C)NC(=O)NC(=S)Nc1c(Cl)cccc1Cl. The average Bonchev–Trinajstić information content (AvgIpc) is 2.20. The molecule has 104 valence electrons. The van der Waals surface area contributed by atoms with Crippen molar-refractivity contribution in [3.63, 3.8) is 0 Å². The number of benzene rings is 1. The van der Waals surface area contributed by atoms with E-state index in [0.29, 0.717) is 15.7 Å². The van der Waals surface area contributed by atoms with Crippen LogP contribution in [0.15, 0.2) is 18.2 Å². The molecular weight excluding hydrogens is 305 g/mol. The Bertz CT molecular complexity index is 480. The Hall–Kier alpha value is -1.04. The number of nitrogens with one attached hydrogen (secondary N) is 3. The fraction of sp³-hybridized carbons (Fsp3) is 0.333. The highest BCUT2D eigenvalue weighted by Crippen LogP contribution is 2.29. The van der Waals surface area contributed by atoms with E-state index in [2.05, 4.69) is 16.0 Å². The highest BCUT2D eigenvalue weighted by Gasteiger charge is 2.15. The van der Waals surface area contributed by atoms with Crippen molar-refractivity contribution in [2.75, 3.05) is 5.32 Å². The van der Waals surface area contributed by atoms with E-state index in [0.717, 1.165) is 0 Å². The van der Waals surface area contributed by atoms with Gasteiger partial charge in [0.2, 0.25) is 0 Å². The molecule has 0 aromatic heterocycles. The number of hydrogen-bond donors (Lipinski definition) is 3. The number of carbonyl (C=O) groups excluding carboxylic acids is 1. The van der Waals surface area contributed by atoms with Gasteiger partial charge in [0, 0.05) is 5.54 Å². The largest absolute Gasteiger partial charge is 0.333 e. The number of hydrogen-bond acceptors (Lipinski definition) is 2. The van der Waals surface area contributed by atoms with Gasteiger partial charge < -0.3 is 10.6 Å². The minimum atomic E-state index is -0.395. The van der Waals surface area contributed by atoms with Crippen LogP contribution < -0.4 is 16.0 Å². The number of halogens is 2. The van der Waals surface area contributed by atoms with E-state index in [1.54, 1.807) is 18.2 Å². The van der Waals surface area contributed by atoms with Crippen LogP contribution in [0, 0.1) is 0 Å². The van der Waals surface area contributed by atoms with Crippen LogP contribution in [0.4, 0.5) is 10.5 Å². The predicted molar refractivity (Wildman–Crippen MR) is 84.1 cm³/mol. The molecule has 2 amide bonds. The van der Waals surface area contributed by atoms with Gasteiger partial charge in [-0.3, -0.25) is 5.32 Å². The van der Waals surface area contributed by atoms with Gasteiger partial charge in [0.05, 0.1) is 15.7 Å². The van der Waals surface area contributed by atoms with Crippen LogP contribution in [0.3, 0.4) is 0 Å². The molecule has 19 heavy (non-hydrogen) atoms. The highest BCUT2D eigenvalue weighted by atomic mass is 35.5. The van der Waals surface area contributed by atoms with E-state index in [4.69, 9.17) is 35.4 Å². The van der Waals surface area contributed by atoms with Crippen molar-refractivity contribution in [2.45, 2.75) is 26.3 Å². The smallest absolute Gasteiger partial charge is 0.321 e. The van der Waals surface area contributed by atoms with Gasteiger partial charge in [0.25, 0.3) is 0 Å². The monoisotopic (exact) mass is 319 g/mol. The van der Waals surface area contributed by atoms with Crippen LogP contribution in [-0.4, -0.2) is 16.7 Å². The van der Waals surface area contributed by atoms with Gasteiger partial charge in [-0.05, 0) is 45.1 Å². The number of anilines is 1. The van der Waals surface area contributed by atoms with Crippen molar-refractivity contribution in [1.82, 2.24) is 10.6 Å². The molecule has 4 nitrogen and oxygen atoms in total. The molecule has 1 aromatic rings. The van der Waals surface area contributed by atoms with Crippen molar-refractivity contribution in [3.05, 3.63) is 28.2 Å². The second kappa shape index (κ2) is 6.41. The fourth-order valence-corrected chi connectivity index (χ4v) is 1.92. The van der Waals surface area contributed by atoms with E-state index < -0.39 is 6.03 Å². The van der Waals surface area contributed by atoms with Gasteiger partial charge in [-0.2, -0.15) is 0 Å². The molecule has 0 radical (unpaired) electrons. The second-order valence-corrected chi connectivity index (χ2v) is 6.10. The molecule has 0 atom stereocenters. The van der Waals surface area contributed by atoms with Crippen LogP contribution in [0.25, 0.3) is 0 Å². The predicted octanol–water partition coefficient (Wildman–Crippen LogP) is 3.79. The van der Waals surface area contributed by atoms with Gasteiger partial charge in [-0.1, -0.05) is 29.3 Å². The molecule has 7 heteroatoms. The Labute approximate surface area is 127 Å². The topological polar surface area (TPSA) is 53.2 Å². The summed E-state index contributed by atoms with van der Waals surface area (Å²) in [6, 6.07) is 4.67. The lowest BCUT2D eigenvalue weighted by Crippen LogP contribution is -2.49. The van der Waals surface area contributed by atoms with Gasteiger partial charge in [0.1, 0.15) is 0 Å². The Morgan fingerprint density at radius 1 is 1.21 bits per heavy atom. The molecule has 0 aliphatic carbocycles. The Kier molecular flexibility index (Phi) is 5.40. The number of carbonyl (C=O) groups is 1. The van der Waals surface area contributed by atoms with E-state index in [1.165, 1.54) is 0 Å². The molecule has 1 aromatic carbocycles. The lowest BCUT2D eigenvalue weighted by Gasteiger charge is -2.21. The summed E-state index contributed by atoms with van der Waals surface area (Å²) in [5.41, 5.74) is 0.119. The molecule has 0 saturated carbocycles. The van der Waals surface area contributed by atoms with Gasteiger partial charge >= 0.3 is 6.03 Å². The van der Waals surface area contributed by atoms with E-state index in [1.807, 2.05) is 20.8 Å². The standard InChI is InChI=1S/C12H15Cl2N3OS/c1-12(2,3)17-10(18)16-11(19)15-9-7(13)5-4-6-8(9)14/h4-6H,1-3H3,(H3,15,16,17,18,19). The van der Waals surface area contributed by atoms with E-state index >= 15 is 0 Å². The van der Waals surface area contributed by atoms with Crippen molar-refractivity contribution >= 4 is 52.3 Å². The normalized spacial score (nSPS) is 10.8. The molecule has 0 spiro atoms. The number of para-hydroxylation sites is 1.